The van der Waals surface area contributed by atoms with Gasteiger partial charge < -0.3 is 20.8 Å². The number of ether oxygens (including phenoxy) is 1. The molecule has 1 aromatic carbocycles. The van der Waals surface area contributed by atoms with Gasteiger partial charge in [-0.15, -0.1) is 24.0 Å². The summed E-state index contributed by atoms with van der Waals surface area (Å²) >= 11 is 0. The number of nitrogens with one attached hydrogen (secondary N) is 2. The molecule has 23 heavy (non-hydrogen) atoms. The maximum absolute atomic E-state index is 5.87. The molecule has 0 unspecified atom stereocenters. The third-order valence-electron chi connectivity index (χ3n) is 3.64. The van der Waals surface area contributed by atoms with Crippen molar-refractivity contribution < 1.29 is 4.74 Å². The molecule has 4 N–H and O–H groups in total. The average Bonchev–Trinajstić information content (AvgIpc) is 2.83. The van der Waals surface area contributed by atoms with Crippen molar-refractivity contribution in [3.8, 4) is 0 Å². The highest BCUT2D eigenvalue weighted by atomic mass is 127. The van der Waals surface area contributed by atoms with Gasteiger partial charge in [0.05, 0.1) is 0 Å². The Hall–Kier alpha value is -1.28. The number of aliphatic imine (C=N–C) groups is 1. The van der Waals surface area contributed by atoms with Gasteiger partial charge in [-0.1, -0.05) is 18.2 Å². The van der Waals surface area contributed by atoms with E-state index in [2.05, 4.69) is 40.4 Å². The minimum Gasteiger partial charge on any atom is -0.382 e. The zero-order chi connectivity index (χ0) is 15.8. The lowest BCUT2D eigenvalue weighted by Gasteiger charge is -2.06. The Bertz CT molecular complexity index is 624. The van der Waals surface area contributed by atoms with Crippen molar-refractivity contribution >= 4 is 40.8 Å². The smallest absolute Gasteiger partial charge is 0.188 e. The van der Waals surface area contributed by atoms with Crippen molar-refractivity contribution in [3.05, 3.63) is 35.5 Å². The van der Waals surface area contributed by atoms with E-state index in [1.807, 2.05) is 13.0 Å². The molecule has 0 bridgehead atoms. The van der Waals surface area contributed by atoms with Crippen LogP contribution in [0.2, 0.25) is 0 Å². The van der Waals surface area contributed by atoms with Gasteiger partial charge in [0.1, 0.15) is 0 Å². The second kappa shape index (κ2) is 10.5. The highest BCUT2D eigenvalue weighted by Gasteiger charge is 2.07. The molecular formula is C17H27IN4O. The topological polar surface area (TPSA) is 75.4 Å². The van der Waals surface area contributed by atoms with E-state index in [4.69, 9.17) is 10.5 Å². The van der Waals surface area contributed by atoms with Gasteiger partial charge in [0, 0.05) is 42.9 Å². The van der Waals surface area contributed by atoms with Crippen LogP contribution < -0.4 is 11.1 Å². The summed E-state index contributed by atoms with van der Waals surface area (Å²) in [5.74, 6) is 0.508. The van der Waals surface area contributed by atoms with E-state index in [9.17, 15) is 0 Å². The minimum absolute atomic E-state index is 0. The Labute approximate surface area is 155 Å². The van der Waals surface area contributed by atoms with E-state index >= 15 is 0 Å². The SMILES string of the molecule is CCOCCCN=C(N)NCCc1c(C)[nH]c2ccccc12.I. The number of rotatable bonds is 8. The van der Waals surface area contributed by atoms with Gasteiger partial charge in [0.25, 0.3) is 0 Å². The predicted octanol–water partition coefficient (Wildman–Crippen LogP) is 2.97. The summed E-state index contributed by atoms with van der Waals surface area (Å²) in [6, 6.07) is 8.38. The molecular weight excluding hydrogens is 403 g/mol. The number of nitrogens with zero attached hydrogens (tertiary/aromatic N) is 1. The molecule has 0 aliphatic carbocycles. The number of aromatic amines is 1. The van der Waals surface area contributed by atoms with Gasteiger partial charge in [-0.05, 0) is 38.3 Å². The van der Waals surface area contributed by atoms with E-state index < -0.39 is 0 Å². The summed E-state index contributed by atoms with van der Waals surface area (Å²) in [5.41, 5.74) is 9.61. The molecule has 0 saturated carbocycles. The van der Waals surface area contributed by atoms with Gasteiger partial charge in [-0.2, -0.15) is 0 Å². The van der Waals surface area contributed by atoms with Gasteiger partial charge in [-0.3, -0.25) is 4.99 Å². The number of guanidine groups is 1. The van der Waals surface area contributed by atoms with Crippen molar-refractivity contribution in [2.45, 2.75) is 26.7 Å². The molecule has 0 saturated heterocycles. The molecule has 2 rings (SSSR count). The number of aryl methyl sites for hydroxylation is 1. The fraction of sp³-hybridized carbons (Fsp3) is 0.471. The lowest BCUT2D eigenvalue weighted by atomic mass is 10.1. The zero-order valence-electron chi connectivity index (χ0n) is 13.9. The van der Waals surface area contributed by atoms with Crippen LogP contribution in [0.15, 0.2) is 29.3 Å². The molecule has 128 valence electrons. The Morgan fingerprint density at radius 1 is 1.35 bits per heavy atom. The van der Waals surface area contributed by atoms with Gasteiger partial charge in [-0.25, -0.2) is 0 Å². The van der Waals surface area contributed by atoms with Crippen LogP contribution in [0.1, 0.15) is 24.6 Å². The molecule has 0 radical (unpaired) electrons. The van der Waals surface area contributed by atoms with Gasteiger partial charge >= 0.3 is 0 Å². The van der Waals surface area contributed by atoms with E-state index in [1.54, 1.807) is 0 Å². The van der Waals surface area contributed by atoms with E-state index in [0.29, 0.717) is 12.5 Å². The number of halogens is 1. The van der Waals surface area contributed by atoms with Crippen LogP contribution in [0, 0.1) is 6.92 Å². The lowest BCUT2D eigenvalue weighted by molar-refractivity contribution is 0.146. The molecule has 5 nitrogen and oxygen atoms in total. The van der Waals surface area contributed by atoms with Crippen LogP contribution >= 0.6 is 24.0 Å². The second-order valence-electron chi connectivity index (χ2n) is 5.27. The molecule has 6 heteroatoms. The molecule has 0 aliphatic rings. The summed E-state index contributed by atoms with van der Waals surface area (Å²) in [5, 5.41) is 4.46. The van der Waals surface area contributed by atoms with Crippen molar-refractivity contribution in [2.75, 3.05) is 26.3 Å². The number of aromatic nitrogens is 1. The number of para-hydroxylation sites is 1. The first-order valence-electron chi connectivity index (χ1n) is 7.90. The Balaban J connectivity index is 0.00000264. The standard InChI is InChI=1S/C17H26N4O.HI/c1-3-22-12-6-10-19-17(18)20-11-9-14-13(2)21-16-8-5-4-7-15(14)16;/h4-5,7-8,21H,3,6,9-12H2,1-2H3,(H3,18,19,20);1H. The van der Waals surface area contributed by atoms with Gasteiger partial charge in [0.2, 0.25) is 0 Å². The molecule has 0 fully saturated rings. The molecule has 0 spiro atoms. The minimum atomic E-state index is 0. The average molecular weight is 430 g/mol. The summed E-state index contributed by atoms with van der Waals surface area (Å²) in [6.45, 7) is 7.07. The highest BCUT2D eigenvalue weighted by molar-refractivity contribution is 14.0. The first-order valence-corrected chi connectivity index (χ1v) is 7.90. The number of hydrogen-bond donors (Lipinski definition) is 3. The van der Waals surface area contributed by atoms with Crippen molar-refractivity contribution in [1.29, 1.82) is 0 Å². The fourth-order valence-electron chi connectivity index (χ4n) is 2.54. The van der Waals surface area contributed by atoms with Crippen LogP contribution in [-0.2, 0) is 11.2 Å². The number of hydrogen-bond acceptors (Lipinski definition) is 2. The summed E-state index contributed by atoms with van der Waals surface area (Å²) in [4.78, 5) is 7.71. The van der Waals surface area contributed by atoms with E-state index in [0.717, 1.165) is 32.6 Å². The number of nitrogens with two attached hydrogens (primary N) is 1. The highest BCUT2D eigenvalue weighted by Crippen LogP contribution is 2.21. The third-order valence-corrected chi connectivity index (χ3v) is 3.64. The third kappa shape index (κ3) is 6.02. The Morgan fingerprint density at radius 2 is 2.13 bits per heavy atom. The largest absolute Gasteiger partial charge is 0.382 e. The molecule has 0 atom stereocenters. The van der Waals surface area contributed by atoms with Crippen LogP contribution in [0.5, 0.6) is 0 Å². The van der Waals surface area contributed by atoms with Crippen LogP contribution in [0.4, 0.5) is 0 Å². The fourth-order valence-corrected chi connectivity index (χ4v) is 2.54. The number of fused-ring (bicyclic) bond motifs is 1. The Kier molecular flexibility index (Phi) is 9.01. The maximum atomic E-state index is 5.87. The van der Waals surface area contributed by atoms with E-state index in [-0.39, 0.29) is 24.0 Å². The van der Waals surface area contributed by atoms with Crippen molar-refractivity contribution in [3.63, 3.8) is 0 Å². The summed E-state index contributed by atoms with van der Waals surface area (Å²) < 4.78 is 5.27. The van der Waals surface area contributed by atoms with E-state index in [1.165, 1.54) is 22.2 Å². The van der Waals surface area contributed by atoms with Crippen LogP contribution in [-0.4, -0.2) is 37.2 Å². The van der Waals surface area contributed by atoms with Crippen LogP contribution in [0.25, 0.3) is 10.9 Å². The first-order chi connectivity index (χ1) is 10.7. The molecule has 1 aromatic heterocycles. The maximum Gasteiger partial charge on any atom is 0.188 e. The number of benzene rings is 1. The summed E-state index contributed by atoms with van der Waals surface area (Å²) in [6.07, 6.45) is 1.82. The zero-order valence-corrected chi connectivity index (χ0v) is 16.2. The normalized spacial score (nSPS) is 11.5. The summed E-state index contributed by atoms with van der Waals surface area (Å²) in [7, 11) is 0. The predicted molar refractivity (Wildman–Crippen MR) is 108 cm³/mol. The second-order valence-corrected chi connectivity index (χ2v) is 5.27. The van der Waals surface area contributed by atoms with Crippen molar-refractivity contribution in [1.82, 2.24) is 10.3 Å². The monoisotopic (exact) mass is 430 g/mol. The lowest BCUT2D eigenvalue weighted by Crippen LogP contribution is -2.33. The first kappa shape index (κ1) is 19.8. The quantitative estimate of drug-likeness (QED) is 0.261. The molecule has 0 aliphatic heterocycles. The number of H-pyrrole nitrogens is 1. The Morgan fingerprint density at radius 3 is 2.91 bits per heavy atom. The van der Waals surface area contributed by atoms with Crippen LogP contribution in [0.3, 0.4) is 0 Å². The van der Waals surface area contributed by atoms with Crippen molar-refractivity contribution in [2.24, 2.45) is 10.7 Å². The molecule has 1 heterocycles. The van der Waals surface area contributed by atoms with Gasteiger partial charge in [0.15, 0.2) is 5.96 Å². The molecule has 0 amide bonds. The molecule has 2 aromatic rings.